The standard InChI is InChI=1S/C6HCl5O.Al.Zr.3H/c7-1-2(8)4(10)6(12)5(11)3(1)9;;;;;/h12H;;;;;. The zero-order valence-corrected chi connectivity index (χ0v) is 12.1. The molecule has 8 heteroatoms. The number of aromatic hydroxyl groups is 1. The van der Waals surface area contributed by atoms with Gasteiger partial charge in [0.2, 0.25) is 0 Å². The molecule has 0 saturated heterocycles. The first kappa shape index (κ1) is 18.3. The van der Waals surface area contributed by atoms with Crippen LogP contribution in [0.1, 0.15) is 0 Å². The maximum Gasteiger partial charge on any atom is 0.187 e. The van der Waals surface area contributed by atoms with E-state index in [2.05, 4.69) is 0 Å². The number of hydrogen-bond donors (Lipinski definition) is 1. The van der Waals surface area contributed by atoms with E-state index in [1.807, 2.05) is 0 Å². The Hall–Kier alpha value is 1.89. The molecule has 0 amide bonds. The molecule has 0 radical (unpaired) electrons. The molecule has 76 valence electrons. The van der Waals surface area contributed by atoms with Gasteiger partial charge in [0, 0.05) is 26.2 Å². The summed E-state index contributed by atoms with van der Waals surface area (Å²) in [6, 6.07) is 0. The second kappa shape index (κ2) is 7.26. The van der Waals surface area contributed by atoms with Crippen LogP contribution < -0.4 is 0 Å². The second-order valence-corrected chi connectivity index (χ2v) is 3.81. The molecule has 0 fully saturated rings. The first-order valence-corrected chi connectivity index (χ1v) is 4.56. The molecule has 0 aliphatic rings. The number of halogens is 5. The Bertz CT molecular complexity index is 240. The van der Waals surface area contributed by atoms with E-state index in [1.54, 1.807) is 0 Å². The second-order valence-electron chi connectivity index (χ2n) is 1.92. The van der Waals surface area contributed by atoms with Crippen molar-refractivity contribution in [1.82, 2.24) is 0 Å². The van der Waals surface area contributed by atoms with Crippen LogP contribution in [-0.4, -0.2) is 22.5 Å². The van der Waals surface area contributed by atoms with Gasteiger partial charge in [-0.2, -0.15) is 0 Å². The van der Waals surface area contributed by atoms with Gasteiger partial charge in [-0.25, -0.2) is 0 Å². The van der Waals surface area contributed by atoms with Crippen LogP contribution in [0.4, 0.5) is 0 Å². The molecule has 1 aromatic carbocycles. The zero-order valence-electron chi connectivity index (χ0n) is 5.84. The van der Waals surface area contributed by atoms with E-state index < -0.39 is 0 Å². The Morgan fingerprint density at radius 3 is 1.14 bits per heavy atom. The van der Waals surface area contributed by atoms with E-state index in [0.29, 0.717) is 0 Å². The fourth-order valence-electron chi connectivity index (χ4n) is 0.593. The van der Waals surface area contributed by atoms with Crippen LogP contribution in [-0.2, 0) is 26.2 Å². The minimum absolute atomic E-state index is 0. The topological polar surface area (TPSA) is 20.2 Å². The van der Waals surface area contributed by atoms with Gasteiger partial charge in [-0.3, -0.25) is 0 Å². The molecule has 0 saturated carbocycles. The quantitative estimate of drug-likeness (QED) is 0.411. The molecule has 1 rings (SSSR count). The van der Waals surface area contributed by atoms with Crippen molar-refractivity contribution < 1.29 is 31.3 Å². The monoisotopic (exact) mass is 384 g/mol. The van der Waals surface area contributed by atoms with Gasteiger partial charge in [0.1, 0.15) is 10.0 Å². The van der Waals surface area contributed by atoms with E-state index in [1.165, 1.54) is 0 Å². The Kier molecular flexibility index (Phi) is 9.46. The summed E-state index contributed by atoms with van der Waals surface area (Å²) >= 11 is 27.9. The fourth-order valence-corrected chi connectivity index (χ4v) is 1.72. The van der Waals surface area contributed by atoms with Crippen molar-refractivity contribution in [2.75, 3.05) is 0 Å². The molecule has 1 aromatic rings. The van der Waals surface area contributed by atoms with Gasteiger partial charge in [0.05, 0.1) is 15.1 Å². The molecule has 0 aliphatic carbocycles. The van der Waals surface area contributed by atoms with Gasteiger partial charge in [-0.05, 0) is 0 Å². The largest absolute Gasteiger partial charge is 0.505 e. The number of benzene rings is 1. The predicted octanol–water partition coefficient (Wildman–Crippen LogP) is 3.47. The average Bonchev–Trinajstić information content (AvgIpc) is 2.08. The first-order valence-electron chi connectivity index (χ1n) is 2.67. The van der Waals surface area contributed by atoms with Crippen molar-refractivity contribution in [3.63, 3.8) is 0 Å². The van der Waals surface area contributed by atoms with Crippen LogP contribution in [0.3, 0.4) is 0 Å². The average molecular weight is 388 g/mol. The van der Waals surface area contributed by atoms with E-state index in [4.69, 9.17) is 58.0 Å². The molecule has 14 heavy (non-hydrogen) atoms. The van der Waals surface area contributed by atoms with Crippen molar-refractivity contribution in [2.24, 2.45) is 0 Å². The summed E-state index contributed by atoms with van der Waals surface area (Å²) in [7, 11) is 0. The van der Waals surface area contributed by atoms with Crippen LogP contribution in [0.15, 0.2) is 0 Å². The third-order valence-electron chi connectivity index (χ3n) is 1.19. The molecule has 0 atom stereocenters. The van der Waals surface area contributed by atoms with Crippen LogP contribution in [0.5, 0.6) is 5.75 Å². The first-order chi connectivity index (χ1) is 5.46. The van der Waals surface area contributed by atoms with Crippen LogP contribution >= 0.6 is 58.0 Å². The van der Waals surface area contributed by atoms with Crippen molar-refractivity contribution >= 4 is 75.4 Å². The van der Waals surface area contributed by atoms with E-state index in [-0.39, 0.29) is 74.4 Å². The molecule has 1 nitrogen and oxygen atoms in total. The summed E-state index contributed by atoms with van der Waals surface area (Å²) in [6.45, 7) is 0. The van der Waals surface area contributed by atoms with Gasteiger partial charge in [-0.1, -0.05) is 58.0 Å². The van der Waals surface area contributed by atoms with Crippen molar-refractivity contribution in [1.29, 1.82) is 0 Å². The minimum Gasteiger partial charge on any atom is -0.505 e. The van der Waals surface area contributed by atoms with Crippen LogP contribution in [0, 0.1) is 0 Å². The summed E-state index contributed by atoms with van der Waals surface area (Å²) in [5.74, 6) is -0.363. The van der Waals surface area contributed by atoms with Crippen LogP contribution in [0.25, 0.3) is 0 Å². The van der Waals surface area contributed by atoms with Gasteiger partial charge in [-0.15, -0.1) is 0 Å². The predicted molar refractivity (Wildman–Crippen MR) is 63.1 cm³/mol. The third-order valence-corrected chi connectivity index (χ3v) is 3.44. The van der Waals surface area contributed by atoms with Crippen molar-refractivity contribution in [3.8, 4) is 5.75 Å². The van der Waals surface area contributed by atoms with Gasteiger partial charge < -0.3 is 5.11 Å². The Balaban J connectivity index is 0. The molecule has 0 heterocycles. The Morgan fingerprint density at radius 2 is 0.857 bits per heavy atom. The number of rotatable bonds is 0. The molecule has 0 unspecified atom stereocenters. The maximum absolute atomic E-state index is 9.20. The molecule has 0 spiro atoms. The minimum atomic E-state index is -0.363. The molecule has 0 aliphatic heterocycles. The summed E-state index contributed by atoms with van der Waals surface area (Å²) in [5.41, 5.74) is 0. The van der Waals surface area contributed by atoms with Crippen molar-refractivity contribution in [3.05, 3.63) is 25.1 Å². The van der Waals surface area contributed by atoms with Gasteiger partial charge in [0.25, 0.3) is 0 Å². The number of phenolic OH excluding ortho intramolecular Hbond substituents is 1. The summed E-state index contributed by atoms with van der Waals surface area (Å²) in [6.07, 6.45) is 0. The van der Waals surface area contributed by atoms with E-state index in [9.17, 15) is 5.11 Å². The normalized spacial score (nSPS) is 8.93. The number of hydrogen-bond acceptors (Lipinski definition) is 1. The molecule has 0 aromatic heterocycles. The molecular formula is C6H4AlCl5OZr. The molecular weight excluding hydrogens is 384 g/mol. The van der Waals surface area contributed by atoms with Gasteiger partial charge in [0.15, 0.2) is 23.1 Å². The Labute approximate surface area is 136 Å². The van der Waals surface area contributed by atoms with Crippen molar-refractivity contribution in [2.45, 2.75) is 0 Å². The smallest absolute Gasteiger partial charge is 0.187 e. The third kappa shape index (κ3) is 3.44. The van der Waals surface area contributed by atoms with E-state index in [0.717, 1.165) is 0 Å². The summed E-state index contributed by atoms with van der Waals surface area (Å²) in [5, 5.41) is 9.01. The van der Waals surface area contributed by atoms with Crippen LogP contribution in [0.2, 0.25) is 25.1 Å². The summed E-state index contributed by atoms with van der Waals surface area (Å²) in [4.78, 5) is 0. The molecule has 1 N–H and O–H groups in total. The van der Waals surface area contributed by atoms with Gasteiger partial charge >= 0.3 is 0 Å². The SMILES string of the molecule is Oc1c(Cl)c(Cl)c(Cl)c(Cl)c1Cl.[AlH3].[Zr]. The maximum atomic E-state index is 9.20. The van der Waals surface area contributed by atoms with E-state index >= 15 is 0 Å². The Morgan fingerprint density at radius 1 is 0.643 bits per heavy atom. The fraction of sp³-hybridized carbons (Fsp3) is 0. The zero-order chi connectivity index (χ0) is 9.46. The summed E-state index contributed by atoms with van der Waals surface area (Å²) < 4.78 is 0. The number of phenols is 1. The molecule has 0 bridgehead atoms.